The Morgan fingerprint density at radius 3 is 2.23 bits per heavy atom. The van der Waals surface area contributed by atoms with Gasteiger partial charge in [0.1, 0.15) is 12.2 Å². The molecule has 11 heteroatoms. The van der Waals surface area contributed by atoms with E-state index in [-0.39, 0.29) is 13.2 Å². The van der Waals surface area contributed by atoms with Gasteiger partial charge in [-0.25, -0.2) is 9.59 Å². The molecule has 0 N–H and O–H groups in total. The summed E-state index contributed by atoms with van der Waals surface area (Å²) in [5, 5.41) is 0. The zero-order valence-corrected chi connectivity index (χ0v) is 22.1. The number of alkyl halides is 3. The summed E-state index contributed by atoms with van der Waals surface area (Å²) in [5.41, 5.74) is -0.0887. The molecule has 2 saturated heterocycles. The zero-order chi connectivity index (χ0) is 26.2. The van der Waals surface area contributed by atoms with Crippen LogP contribution in [0.1, 0.15) is 39.2 Å². The van der Waals surface area contributed by atoms with Crippen LogP contribution in [0, 0.1) is 0 Å². The van der Waals surface area contributed by atoms with Crippen LogP contribution in [-0.2, 0) is 20.5 Å². The molecule has 0 aromatic heterocycles. The second-order valence-electron chi connectivity index (χ2n) is 11.1. The maximum absolute atomic E-state index is 14.4. The highest BCUT2D eigenvalue weighted by Crippen LogP contribution is 2.42. The van der Waals surface area contributed by atoms with Gasteiger partial charge < -0.3 is 13.9 Å². The lowest BCUT2D eigenvalue weighted by atomic mass is 9.97. The maximum atomic E-state index is 14.4. The fourth-order valence-corrected chi connectivity index (χ4v) is 5.69. The number of benzene rings is 1. The number of ether oxygens (including phenoxy) is 2. The predicted octanol–water partition coefficient (Wildman–Crippen LogP) is 5.56. The van der Waals surface area contributed by atoms with Crippen molar-refractivity contribution < 1.29 is 36.7 Å². The molecule has 1 aromatic carbocycles. The van der Waals surface area contributed by atoms with Gasteiger partial charge in [-0.05, 0) is 58.8 Å². The third kappa shape index (κ3) is 6.90. The number of fused-ring (bicyclic) bond motifs is 2. The average Bonchev–Trinajstić information content (AvgIpc) is 3.03. The summed E-state index contributed by atoms with van der Waals surface area (Å²) < 4.78 is 59.9. The van der Waals surface area contributed by atoms with Crippen LogP contribution in [0.25, 0.3) is 0 Å². The SMILES string of the molecule is CC(C)(C)OC(=O)N1[C@H]2CC[C@@H]1[C@@H](C(O[Si](C)(C)C)C(F)(F)F)N(C(=O)OCc1ccccc1)C2. The maximum Gasteiger partial charge on any atom is 0.415 e. The second-order valence-corrected chi connectivity index (χ2v) is 15.5. The molecule has 0 saturated carbocycles. The number of rotatable bonds is 5. The van der Waals surface area contributed by atoms with Gasteiger partial charge in [0.25, 0.3) is 0 Å². The normalized spacial score (nSPS) is 23.7. The number of hydrogen-bond donors (Lipinski definition) is 0. The van der Waals surface area contributed by atoms with Gasteiger partial charge in [-0.2, -0.15) is 13.2 Å². The van der Waals surface area contributed by atoms with E-state index in [9.17, 15) is 22.8 Å². The van der Waals surface area contributed by atoms with E-state index in [1.807, 2.05) is 6.07 Å². The van der Waals surface area contributed by atoms with Crippen molar-refractivity contribution >= 4 is 20.5 Å². The van der Waals surface area contributed by atoms with Gasteiger partial charge in [0, 0.05) is 6.54 Å². The molecule has 2 fully saturated rings. The lowest BCUT2D eigenvalue weighted by Crippen LogP contribution is -2.69. The highest BCUT2D eigenvalue weighted by atomic mass is 28.4. The van der Waals surface area contributed by atoms with E-state index >= 15 is 0 Å². The van der Waals surface area contributed by atoms with E-state index < -0.39 is 56.5 Å². The van der Waals surface area contributed by atoms with Gasteiger partial charge in [-0.3, -0.25) is 9.80 Å². The highest BCUT2D eigenvalue weighted by molar-refractivity contribution is 6.69. The van der Waals surface area contributed by atoms with Gasteiger partial charge in [0.05, 0.1) is 18.1 Å². The molecule has 0 spiro atoms. The first kappa shape index (κ1) is 27.3. The van der Waals surface area contributed by atoms with Crippen LogP contribution in [0.2, 0.25) is 19.6 Å². The molecule has 196 valence electrons. The topological polar surface area (TPSA) is 68.3 Å². The molecule has 2 aliphatic heterocycles. The molecule has 2 heterocycles. The van der Waals surface area contributed by atoms with E-state index in [2.05, 4.69) is 0 Å². The second kappa shape index (κ2) is 10.0. The molecule has 0 aliphatic carbocycles. The van der Waals surface area contributed by atoms with Crippen molar-refractivity contribution in [2.24, 2.45) is 0 Å². The van der Waals surface area contributed by atoms with Crippen LogP contribution in [0.3, 0.4) is 0 Å². The van der Waals surface area contributed by atoms with Crippen molar-refractivity contribution in [2.45, 2.75) is 95.9 Å². The first-order valence-electron chi connectivity index (χ1n) is 11.8. The molecule has 1 unspecified atom stereocenters. The highest BCUT2D eigenvalue weighted by Gasteiger charge is 2.60. The summed E-state index contributed by atoms with van der Waals surface area (Å²) in [6, 6.07) is 6.10. The molecule has 3 rings (SSSR count). The molecule has 2 amide bonds. The number of halogens is 3. The number of hydrogen-bond acceptors (Lipinski definition) is 5. The number of amides is 2. The predicted molar refractivity (Wildman–Crippen MR) is 126 cm³/mol. The monoisotopic (exact) mass is 516 g/mol. The first-order chi connectivity index (χ1) is 16.1. The third-order valence-electron chi connectivity index (χ3n) is 5.87. The Hall–Kier alpha value is -2.27. The third-order valence-corrected chi connectivity index (χ3v) is 6.83. The summed E-state index contributed by atoms with van der Waals surface area (Å²) in [5.74, 6) is 0. The van der Waals surface area contributed by atoms with Gasteiger partial charge in [-0.1, -0.05) is 30.3 Å². The molecule has 2 aliphatic rings. The quantitative estimate of drug-likeness (QED) is 0.480. The van der Waals surface area contributed by atoms with Gasteiger partial charge in [0.15, 0.2) is 14.4 Å². The smallest absolute Gasteiger partial charge is 0.415 e. The minimum absolute atomic E-state index is 0.0699. The Balaban J connectivity index is 1.94. The number of carbonyl (C=O) groups is 2. The molecule has 4 atom stereocenters. The Kier molecular flexibility index (Phi) is 7.81. The molecule has 35 heavy (non-hydrogen) atoms. The van der Waals surface area contributed by atoms with Crippen LogP contribution in [-0.4, -0.2) is 72.9 Å². The summed E-state index contributed by atoms with van der Waals surface area (Å²) in [4.78, 5) is 28.7. The van der Waals surface area contributed by atoms with Crippen molar-refractivity contribution in [2.75, 3.05) is 6.54 Å². The largest absolute Gasteiger partial charge is 0.445 e. The van der Waals surface area contributed by atoms with Gasteiger partial charge in [0.2, 0.25) is 0 Å². The first-order valence-corrected chi connectivity index (χ1v) is 15.2. The molecule has 1 aromatic rings. The molecular weight excluding hydrogens is 481 g/mol. The van der Waals surface area contributed by atoms with Crippen LogP contribution >= 0.6 is 0 Å². The summed E-state index contributed by atoms with van der Waals surface area (Å²) in [7, 11) is -2.70. The van der Waals surface area contributed by atoms with Crippen LogP contribution < -0.4 is 0 Å². The number of carbonyl (C=O) groups excluding carboxylic acids is 2. The minimum Gasteiger partial charge on any atom is -0.445 e. The molecule has 7 nitrogen and oxygen atoms in total. The van der Waals surface area contributed by atoms with E-state index in [4.69, 9.17) is 13.9 Å². The van der Waals surface area contributed by atoms with Gasteiger partial charge >= 0.3 is 18.4 Å². The standard InChI is InChI=1S/C24H35F3N2O5Si/c1-23(2,3)33-22(31)29-17-12-13-18(29)19(20(24(25,26)27)34-35(4,5)6)28(14-17)21(30)32-15-16-10-8-7-9-11-16/h7-11,17-20H,12-15H2,1-6H3/t17-,18+,19-,20?/m0/s1. The Bertz CT molecular complexity index is 901. The Morgan fingerprint density at radius 2 is 1.69 bits per heavy atom. The van der Waals surface area contributed by atoms with E-state index in [0.717, 1.165) is 10.5 Å². The summed E-state index contributed by atoms with van der Waals surface area (Å²) >= 11 is 0. The van der Waals surface area contributed by atoms with Crippen molar-refractivity contribution in [3.05, 3.63) is 35.9 Å². The van der Waals surface area contributed by atoms with E-state index in [1.54, 1.807) is 64.7 Å². The lowest BCUT2D eigenvalue weighted by Gasteiger charge is -2.49. The Morgan fingerprint density at radius 1 is 1.06 bits per heavy atom. The van der Waals surface area contributed by atoms with Crippen LogP contribution in [0.4, 0.5) is 22.8 Å². The zero-order valence-electron chi connectivity index (χ0n) is 21.1. The average molecular weight is 517 g/mol. The van der Waals surface area contributed by atoms with Gasteiger partial charge in [-0.15, -0.1) is 0 Å². The van der Waals surface area contributed by atoms with Crippen molar-refractivity contribution in [3.8, 4) is 0 Å². The number of piperazine rings is 1. The number of nitrogens with zero attached hydrogens (tertiary/aromatic N) is 2. The van der Waals surface area contributed by atoms with Crippen molar-refractivity contribution in [1.29, 1.82) is 0 Å². The van der Waals surface area contributed by atoms with Crippen molar-refractivity contribution in [1.82, 2.24) is 9.80 Å². The lowest BCUT2D eigenvalue weighted by molar-refractivity contribution is -0.222. The van der Waals surface area contributed by atoms with Crippen LogP contribution in [0.15, 0.2) is 30.3 Å². The van der Waals surface area contributed by atoms with E-state index in [0.29, 0.717) is 12.8 Å². The molecule has 2 bridgehead atoms. The van der Waals surface area contributed by atoms with Crippen molar-refractivity contribution in [3.63, 3.8) is 0 Å². The van der Waals surface area contributed by atoms with E-state index in [1.165, 1.54) is 4.90 Å². The number of likely N-dealkylation sites (tertiary alicyclic amines) is 1. The molecule has 0 radical (unpaired) electrons. The Labute approximate surface area is 205 Å². The van der Waals surface area contributed by atoms with Crippen LogP contribution in [0.5, 0.6) is 0 Å². The fraction of sp³-hybridized carbons (Fsp3) is 0.667. The molecular formula is C24H35F3N2O5Si. The minimum atomic E-state index is -4.75. The summed E-state index contributed by atoms with van der Waals surface area (Å²) in [6.07, 6.45) is -7.78. The summed E-state index contributed by atoms with van der Waals surface area (Å²) in [6.45, 7) is 9.94. The fourth-order valence-electron chi connectivity index (χ4n) is 4.66.